The summed E-state index contributed by atoms with van der Waals surface area (Å²) in [5, 5.41) is 6.97. The van der Waals surface area contributed by atoms with Gasteiger partial charge in [-0.2, -0.15) is 0 Å². The zero-order valence-corrected chi connectivity index (χ0v) is 14.9. The molecule has 0 aliphatic heterocycles. The third kappa shape index (κ3) is 3.88. The van der Waals surface area contributed by atoms with E-state index >= 15 is 0 Å². The normalized spacial score (nSPS) is 13.4. The minimum absolute atomic E-state index is 0.0355. The van der Waals surface area contributed by atoms with Crippen LogP contribution in [0.3, 0.4) is 0 Å². The number of aromatic nitrogens is 1. The second-order valence-corrected chi connectivity index (χ2v) is 5.96. The molecule has 126 valence electrons. The van der Waals surface area contributed by atoms with Gasteiger partial charge in [-0.3, -0.25) is 9.69 Å². The lowest BCUT2D eigenvalue weighted by Gasteiger charge is -2.45. The van der Waals surface area contributed by atoms with E-state index in [1.54, 1.807) is 6.07 Å². The van der Waals surface area contributed by atoms with Gasteiger partial charge in [-0.05, 0) is 39.8 Å². The molecule has 0 saturated carbocycles. The van der Waals surface area contributed by atoms with E-state index in [-0.39, 0.29) is 17.5 Å². The summed E-state index contributed by atoms with van der Waals surface area (Å²) in [7, 11) is 2.14. The summed E-state index contributed by atoms with van der Waals surface area (Å²) in [4.78, 5) is 14.8. The van der Waals surface area contributed by atoms with Crippen molar-refractivity contribution in [2.45, 2.75) is 71.9 Å². The van der Waals surface area contributed by atoms with Crippen LogP contribution in [-0.2, 0) is 6.42 Å². The van der Waals surface area contributed by atoms with Gasteiger partial charge in [0.15, 0.2) is 5.69 Å². The number of nitrogens with one attached hydrogen (secondary N) is 1. The number of likely N-dealkylation sites (N-methyl/N-ethyl adjacent to an activating group) is 1. The summed E-state index contributed by atoms with van der Waals surface area (Å²) in [5.74, 6) is 0.574. The van der Waals surface area contributed by atoms with Crippen LogP contribution in [0.4, 0.5) is 0 Å². The Balaban J connectivity index is 2.86. The van der Waals surface area contributed by atoms with Crippen molar-refractivity contribution in [2.75, 3.05) is 13.6 Å². The molecule has 1 rings (SSSR count). The lowest BCUT2D eigenvalue weighted by atomic mass is 9.83. The third-order valence-electron chi connectivity index (χ3n) is 4.84. The van der Waals surface area contributed by atoms with E-state index in [1.165, 1.54) is 0 Å². The second-order valence-electron chi connectivity index (χ2n) is 5.96. The van der Waals surface area contributed by atoms with Gasteiger partial charge in [-0.15, -0.1) is 0 Å². The van der Waals surface area contributed by atoms with E-state index in [0.29, 0.717) is 5.69 Å². The van der Waals surface area contributed by atoms with Crippen molar-refractivity contribution in [2.24, 2.45) is 0 Å². The van der Waals surface area contributed by atoms with Crippen LogP contribution < -0.4 is 5.32 Å². The molecule has 0 radical (unpaired) electrons. The minimum atomic E-state index is -0.160. The molecule has 1 heterocycles. The molecule has 5 heteroatoms. The highest BCUT2D eigenvalue weighted by Crippen LogP contribution is 2.27. The predicted octanol–water partition coefficient (Wildman–Crippen LogP) is 3.26. The Morgan fingerprint density at radius 3 is 2.45 bits per heavy atom. The van der Waals surface area contributed by atoms with Crippen molar-refractivity contribution in [1.82, 2.24) is 15.4 Å². The molecule has 0 fully saturated rings. The summed E-state index contributed by atoms with van der Waals surface area (Å²) in [6.45, 7) is 11.6. The van der Waals surface area contributed by atoms with Gasteiger partial charge < -0.3 is 9.84 Å². The predicted molar refractivity (Wildman–Crippen MR) is 89.0 cm³/mol. The Morgan fingerprint density at radius 1 is 1.36 bits per heavy atom. The summed E-state index contributed by atoms with van der Waals surface area (Å²) < 4.78 is 5.12. The molecular weight excluding hydrogens is 278 g/mol. The van der Waals surface area contributed by atoms with Crippen molar-refractivity contribution in [3.05, 3.63) is 17.5 Å². The van der Waals surface area contributed by atoms with E-state index in [9.17, 15) is 4.79 Å². The van der Waals surface area contributed by atoms with Crippen LogP contribution in [0, 0.1) is 0 Å². The lowest BCUT2D eigenvalue weighted by Crippen LogP contribution is -2.59. The molecule has 0 saturated heterocycles. The standard InChI is InChI=1S/C17H31N3O2/c1-7-11-20(6)17(9-3,10-4)13(5)18-16(21)15-12-14(8-2)22-19-15/h12-13H,7-11H2,1-6H3,(H,18,21). The molecule has 1 N–H and O–H groups in total. The molecule has 1 amide bonds. The molecule has 0 aliphatic rings. The summed E-state index contributed by atoms with van der Waals surface area (Å²) >= 11 is 0. The second kappa shape index (κ2) is 8.32. The maximum Gasteiger partial charge on any atom is 0.273 e. The average Bonchev–Trinajstić information content (AvgIpc) is 2.98. The van der Waals surface area contributed by atoms with Crippen LogP contribution in [0.25, 0.3) is 0 Å². The molecule has 0 bridgehead atoms. The highest BCUT2D eigenvalue weighted by atomic mass is 16.5. The summed E-state index contributed by atoms with van der Waals surface area (Å²) in [6, 6.07) is 1.76. The Bertz CT molecular complexity index is 466. The topological polar surface area (TPSA) is 58.4 Å². The number of nitrogens with zero attached hydrogens (tertiary/aromatic N) is 2. The fourth-order valence-corrected chi connectivity index (χ4v) is 3.28. The van der Waals surface area contributed by atoms with Gasteiger partial charge in [0.05, 0.1) is 0 Å². The van der Waals surface area contributed by atoms with Gasteiger partial charge in [-0.1, -0.05) is 32.9 Å². The van der Waals surface area contributed by atoms with Crippen molar-refractivity contribution in [3.8, 4) is 0 Å². The van der Waals surface area contributed by atoms with Crippen LogP contribution in [-0.4, -0.2) is 41.1 Å². The van der Waals surface area contributed by atoms with Gasteiger partial charge in [0.2, 0.25) is 0 Å². The van der Waals surface area contributed by atoms with Crippen LogP contribution in [0.15, 0.2) is 10.6 Å². The average molecular weight is 309 g/mol. The van der Waals surface area contributed by atoms with Gasteiger partial charge in [-0.25, -0.2) is 0 Å². The molecule has 5 nitrogen and oxygen atoms in total. The largest absolute Gasteiger partial charge is 0.361 e. The quantitative estimate of drug-likeness (QED) is 0.760. The Kier molecular flexibility index (Phi) is 7.07. The van der Waals surface area contributed by atoms with Crippen molar-refractivity contribution in [3.63, 3.8) is 0 Å². The Morgan fingerprint density at radius 2 is 2.00 bits per heavy atom. The molecule has 1 atom stereocenters. The van der Waals surface area contributed by atoms with Gasteiger partial charge in [0.1, 0.15) is 5.76 Å². The first-order chi connectivity index (χ1) is 10.4. The monoisotopic (exact) mass is 309 g/mol. The van der Waals surface area contributed by atoms with Crippen LogP contribution in [0.5, 0.6) is 0 Å². The van der Waals surface area contributed by atoms with E-state index < -0.39 is 0 Å². The van der Waals surface area contributed by atoms with Gasteiger partial charge in [0.25, 0.3) is 5.91 Å². The first-order valence-corrected chi connectivity index (χ1v) is 8.42. The first-order valence-electron chi connectivity index (χ1n) is 8.42. The molecule has 1 unspecified atom stereocenters. The first kappa shape index (κ1) is 18.7. The molecular formula is C17H31N3O2. The van der Waals surface area contributed by atoms with E-state index in [0.717, 1.165) is 38.0 Å². The van der Waals surface area contributed by atoms with Crippen LogP contribution in [0.2, 0.25) is 0 Å². The highest BCUT2D eigenvalue weighted by molar-refractivity contribution is 5.92. The van der Waals surface area contributed by atoms with E-state index in [1.807, 2.05) is 6.92 Å². The Labute approximate surface area is 134 Å². The summed E-state index contributed by atoms with van der Waals surface area (Å²) in [6.07, 6.45) is 3.81. The lowest BCUT2D eigenvalue weighted by molar-refractivity contribution is 0.0612. The van der Waals surface area contributed by atoms with Crippen LogP contribution in [0.1, 0.15) is 70.1 Å². The molecule has 0 spiro atoms. The number of rotatable bonds is 9. The van der Waals surface area contributed by atoms with Crippen molar-refractivity contribution in [1.29, 1.82) is 0 Å². The highest BCUT2D eigenvalue weighted by Gasteiger charge is 2.37. The molecule has 1 aromatic heterocycles. The van der Waals surface area contributed by atoms with E-state index in [2.05, 4.69) is 50.1 Å². The smallest absolute Gasteiger partial charge is 0.273 e. The zero-order valence-electron chi connectivity index (χ0n) is 14.9. The number of hydrogen-bond acceptors (Lipinski definition) is 4. The summed E-state index contributed by atoms with van der Waals surface area (Å²) in [5.41, 5.74) is 0.325. The maximum atomic E-state index is 12.4. The number of hydrogen-bond donors (Lipinski definition) is 1. The van der Waals surface area contributed by atoms with Crippen molar-refractivity contribution < 1.29 is 9.32 Å². The van der Waals surface area contributed by atoms with E-state index in [4.69, 9.17) is 4.52 Å². The number of aryl methyl sites for hydroxylation is 1. The van der Waals surface area contributed by atoms with Crippen LogP contribution >= 0.6 is 0 Å². The molecule has 22 heavy (non-hydrogen) atoms. The van der Waals surface area contributed by atoms with Crippen molar-refractivity contribution >= 4 is 5.91 Å². The third-order valence-corrected chi connectivity index (χ3v) is 4.84. The van der Waals surface area contributed by atoms with Gasteiger partial charge in [0, 0.05) is 24.1 Å². The minimum Gasteiger partial charge on any atom is -0.361 e. The zero-order chi connectivity index (χ0) is 16.8. The number of carbonyl (C=O) groups is 1. The number of carbonyl (C=O) groups excluding carboxylic acids is 1. The fraction of sp³-hybridized carbons (Fsp3) is 0.765. The Hall–Kier alpha value is -1.36. The van der Waals surface area contributed by atoms with Gasteiger partial charge >= 0.3 is 0 Å². The SMILES string of the molecule is CCCN(C)C(CC)(CC)C(C)NC(=O)c1cc(CC)on1. The maximum absolute atomic E-state index is 12.4. The molecule has 1 aromatic rings. The number of amides is 1. The fourth-order valence-electron chi connectivity index (χ4n) is 3.28. The molecule has 0 aliphatic carbocycles. The molecule has 0 aromatic carbocycles.